The van der Waals surface area contributed by atoms with Gasteiger partial charge in [0.05, 0.1) is 5.39 Å². The Morgan fingerprint density at radius 2 is 1.97 bits per heavy atom. The summed E-state index contributed by atoms with van der Waals surface area (Å²) >= 11 is 0. The number of hydrogen-bond acceptors (Lipinski definition) is 4. The van der Waals surface area contributed by atoms with Gasteiger partial charge in [-0.25, -0.2) is 0 Å². The Bertz CT molecular complexity index is 1110. The van der Waals surface area contributed by atoms with Crippen molar-refractivity contribution in [2.45, 2.75) is 45.1 Å². The number of nitrogens with one attached hydrogen (secondary N) is 1. The minimum atomic E-state index is -0.647. The normalized spacial score (nSPS) is 14.9. The fourth-order valence-electron chi connectivity index (χ4n) is 3.93. The Morgan fingerprint density at radius 1 is 1.16 bits per heavy atom. The van der Waals surface area contributed by atoms with Gasteiger partial charge in [0.25, 0.3) is 5.91 Å². The predicted octanol–water partition coefficient (Wildman–Crippen LogP) is 4.07. The molecule has 1 aliphatic rings. The molecule has 1 fully saturated rings. The lowest BCUT2D eigenvalue weighted by Gasteiger charge is -2.27. The van der Waals surface area contributed by atoms with Gasteiger partial charge in [0.15, 0.2) is 6.10 Å². The van der Waals surface area contributed by atoms with E-state index in [1.54, 1.807) is 23.4 Å². The second-order valence-electron chi connectivity index (χ2n) is 8.05. The van der Waals surface area contributed by atoms with Gasteiger partial charge in [-0.2, -0.15) is 0 Å². The van der Waals surface area contributed by atoms with Crippen molar-refractivity contribution in [1.82, 2.24) is 0 Å². The summed E-state index contributed by atoms with van der Waals surface area (Å²) in [5, 5.41) is 14.3. The molecule has 1 aromatic heterocycles. The zero-order valence-electron chi connectivity index (χ0n) is 18.2. The molecule has 2 aromatic carbocycles. The van der Waals surface area contributed by atoms with Crippen LogP contribution in [0.3, 0.4) is 0 Å². The monoisotopic (exact) mass is 434 g/mol. The van der Waals surface area contributed by atoms with Crippen LogP contribution < -0.4 is 19.7 Å². The molecular formula is C25H28N3O4+. The summed E-state index contributed by atoms with van der Waals surface area (Å²) in [6.45, 7) is 2.74. The molecule has 0 aliphatic carbocycles. The third-order valence-electron chi connectivity index (χ3n) is 5.63. The highest BCUT2D eigenvalue weighted by atomic mass is 16.5. The molecule has 0 saturated carbocycles. The third kappa shape index (κ3) is 4.99. The van der Waals surface area contributed by atoms with Crippen molar-refractivity contribution < 1.29 is 24.3 Å². The number of ether oxygens (including phenoxy) is 1. The van der Waals surface area contributed by atoms with E-state index < -0.39 is 6.10 Å². The van der Waals surface area contributed by atoms with Crippen LogP contribution >= 0.6 is 0 Å². The molecule has 1 unspecified atom stereocenters. The number of carbonyl (C=O) groups excluding carboxylic acids is 2. The van der Waals surface area contributed by atoms with E-state index in [0.29, 0.717) is 24.3 Å². The molecule has 1 aliphatic heterocycles. The molecule has 166 valence electrons. The lowest BCUT2D eigenvalue weighted by atomic mass is 10.1. The first kappa shape index (κ1) is 21.6. The van der Waals surface area contributed by atoms with Gasteiger partial charge in [0, 0.05) is 35.1 Å². The Balaban J connectivity index is 1.44. The van der Waals surface area contributed by atoms with Crippen molar-refractivity contribution in [2.24, 2.45) is 0 Å². The summed E-state index contributed by atoms with van der Waals surface area (Å²) in [6.07, 6.45) is 6.39. The first-order valence-corrected chi connectivity index (χ1v) is 11.1. The molecule has 2 amide bonds. The second kappa shape index (κ2) is 9.68. The Hall–Kier alpha value is -3.61. The number of anilines is 2. The third-order valence-corrected chi connectivity index (χ3v) is 5.63. The quantitative estimate of drug-likeness (QED) is 0.434. The predicted molar refractivity (Wildman–Crippen MR) is 122 cm³/mol. The zero-order valence-corrected chi connectivity index (χ0v) is 18.2. The van der Waals surface area contributed by atoms with E-state index >= 15 is 0 Å². The Morgan fingerprint density at radius 3 is 2.72 bits per heavy atom. The van der Waals surface area contributed by atoms with Gasteiger partial charge in [-0.05, 0) is 61.0 Å². The van der Waals surface area contributed by atoms with Gasteiger partial charge in [0.1, 0.15) is 5.75 Å². The number of hydrogen-bond donors (Lipinski definition) is 2. The van der Waals surface area contributed by atoms with Gasteiger partial charge >= 0.3 is 0 Å². The van der Waals surface area contributed by atoms with E-state index in [2.05, 4.69) is 5.32 Å². The van der Waals surface area contributed by atoms with Crippen LogP contribution in [0.2, 0.25) is 0 Å². The summed E-state index contributed by atoms with van der Waals surface area (Å²) in [6, 6.07) is 14.7. The van der Waals surface area contributed by atoms with Gasteiger partial charge in [0.2, 0.25) is 18.3 Å². The maximum atomic E-state index is 12.9. The van der Waals surface area contributed by atoms with Crippen LogP contribution in [0.25, 0.3) is 10.8 Å². The zero-order chi connectivity index (χ0) is 22.5. The molecule has 0 radical (unpaired) electrons. The van der Waals surface area contributed by atoms with E-state index in [4.69, 9.17) is 4.74 Å². The Labute approximate surface area is 187 Å². The lowest BCUT2D eigenvalue weighted by Crippen LogP contribution is -2.35. The highest BCUT2D eigenvalue weighted by Gasteiger charge is 2.22. The van der Waals surface area contributed by atoms with Crippen molar-refractivity contribution in [3.05, 3.63) is 60.9 Å². The summed E-state index contributed by atoms with van der Waals surface area (Å²) in [7, 11) is 0. The van der Waals surface area contributed by atoms with E-state index in [1.165, 1.54) is 0 Å². The SMILES string of the molecule is CCCC(Oc1ccc2cc[n+](O)cc2c1)C(=O)Nc1ccc(N2CCCCC2=O)cc1. The van der Waals surface area contributed by atoms with Crippen LogP contribution in [0.15, 0.2) is 60.9 Å². The van der Waals surface area contributed by atoms with E-state index in [0.717, 1.165) is 47.0 Å². The average molecular weight is 435 g/mol. The fourth-order valence-corrected chi connectivity index (χ4v) is 3.93. The molecule has 3 aromatic rings. The molecule has 1 atom stereocenters. The summed E-state index contributed by atoms with van der Waals surface area (Å²) < 4.78 is 7.00. The van der Waals surface area contributed by atoms with Crippen molar-refractivity contribution in [1.29, 1.82) is 0 Å². The minimum absolute atomic E-state index is 0.145. The number of amides is 2. The standard InChI is InChI=1S/C25H27N3O4/c1-2-5-23(32-22-12-7-18-13-15-27(31)17-19(18)16-22)25(30)26-20-8-10-21(11-9-20)28-14-4-3-6-24(28)29/h7-13,15-17,23H,2-6,14H2,1H3,(H-,26,30,31)/p+1. The summed E-state index contributed by atoms with van der Waals surface area (Å²) in [4.78, 5) is 26.8. The highest BCUT2D eigenvalue weighted by molar-refractivity contribution is 5.96. The second-order valence-corrected chi connectivity index (χ2v) is 8.05. The van der Waals surface area contributed by atoms with Gasteiger partial charge in [-0.3, -0.25) is 14.8 Å². The summed E-state index contributed by atoms with van der Waals surface area (Å²) in [5.41, 5.74) is 1.51. The molecule has 2 N–H and O–H groups in total. The molecule has 7 nitrogen and oxygen atoms in total. The molecular weight excluding hydrogens is 406 g/mol. The Kier molecular flexibility index (Phi) is 6.54. The van der Waals surface area contributed by atoms with Crippen LogP contribution in [-0.4, -0.2) is 29.7 Å². The van der Waals surface area contributed by atoms with E-state index in [9.17, 15) is 14.8 Å². The van der Waals surface area contributed by atoms with Crippen LogP contribution in [0, 0.1) is 0 Å². The number of pyridine rings is 1. The van der Waals surface area contributed by atoms with Crippen molar-refractivity contribution in [2.75, 3.05) is 16.8 Å². The number of aromatic nitrogens is 1. The molecule has 7 heteroatoms. The van der Waals surface area contributed by atoms with E-state index in [1.807, 2.05) is 49.4 Å². The smallest absolute Gasteiger partial charge is 0.265 e. The van der Waals surface area contributed by atoms with E-state index in [-0.39, 0.29) is 11.8 Å². The van der Waals surface area contributed by atoms with Gasteiger partial charge < -0.3 is 15.0 Å². The van der Waals surface area contributed by atoms with Gasteiger partial charge in [-0.1, -0.05) is 19.4 Å². The number of rotatable bonds is 7. The van der Waals surface area contributed by atoms with Crippen molar-refractivity contribution >= 4 is 34.0 Å². The van der Waals surface area contributed by atoms with Gasteiger partial charge in [-0.15, -0.1) is 0 Å². The molecule has 32 heavy (non-hydrogen) atoms. The maximum absolute atomic E-state index is 12.9. The molecule has 1 saturated heterocycles. The largest absolute Gasteiger partial charge is 0.481 e. The number of carbonyl (C=O) groups is 2. The maximum Gasteiger partial charge on any atom is 0.265 e. The van der Waals surface area contributed by atoms with Crippen LogP contribution in [0.1, 0.15) is 39.0 Å². The summed E-state index contributed by atoms with van der Waals surface area (Å²) in [5.74, 6) is 0.488. The van der Waals surface area contributed by atoms with Crippen LogP contribution in [0.4, 0.5) is 11.4 Å². The van der Waals surface area contributed by atoms with Crippen molar-refractivity contribution in [3.8, 4) is 5.75 Å². The first-order valence-electron chi connectivity index (χ1n) is 11.1. The number of piperidine rings is 1. The lowest BCUT2D eigenvalue weighted by molar-refractivity contribution is -0.903. The topological polar surface area (TPSA) is 82.8 Å². The average Bonchev–Trinajstić information content (AvgIpc) is 2.79. The fraction of sp³-hybridized carbons (Fsp3) is 0.320. The number of nitrogens with zero attached hydrogens (tertiary/aromatic N) is 2. The highest BCUT2D eigenvalue weighted by Crippen LogP contribution is 2.24. The molecule has 0 bridgehead atoms. The number of fused-ring (bicyclic) bond motifs is 1. The molecule has 0 spiro atoms. The van der Waals surface area contributed by atoms with Crippen molar-refractivity contribution in [3.63, 3.8) is 0 Å². The van der Waals surface area contributed by atoms with Crippen LogP contribution in [0.5, 0.6) is 5.75 Å². The minimum Gasteiger partial charge on any atom is -0.481 e. The molecule has 2 heterocycles. The first-order chi connectivity index (χ1) is 15.5. The number of benzene rings is 2. The van der Waals surface area contributed by atoms with Crippen LogP contribution in [-0.2, 0) is 9.59 Å². The molecule has 4 rings (SSSR count).